The van der Waals surface area contributed by atoms with Gasteiger partial charge < -0.3 is 4.74 Å². The van der Waals surface area contributed by atoms with Gasteiger partial charge >= 0.3 is 0 Å². The van der Waals surface area contributed by atoms with Crippen LogP contribution in [0.4, 0.5) is 0 Å². The number of Topliss-reactive ketones (excluding diaryl/α,β-unsaturated/α-hetero) is 1. The van der Waals surface area contributed by atoms with Crippen LogP contribution in [0.1, 0.15) is 26.3 Å². The van der Waals surface area contributed by atoms with Crippen LogP contribution in [0.5, 0.6) is 0 Å². The summed E-state index contributed by atoms with van der Waals surface area (Å²) >= 11 is 0. The summed E-state index contributed by atoms with van der Waals surface area (Å²) in [6.07, 6.45) is 0. The first-order valence-corrected chi connectivity index (χ1v) is 5.56. The van der Waals surface area contributed by atoms with Gasteiger partial charge in [-0.05, 0) is 26.3 Å². The largest absolute Gasteiger partial charge is 0.496 e. The third-order valence-corrected chi connectivity index (χ3v) is 3.23. The first-order chi connectivity index (χ1) is 7.62. The standard InChI is InChI=1S/C14H16O2/c1-4-16-13-10(2)12(15)14(13,3)11-8-6-5-7-9-11/h5-9H,4H2,1-3H3. The Bertz CT molecular complexity index is 445. The molecule has 1 aromatic rings. The van der Waals surface area contributed by atoms with Gasteiger partial charge in [-0.3, -0.25) is 4.79 Å². The van der Waals surface area contributed by atoms with Crippen molar-refractivity contribution < 1.29 is 9.53 Å². The third kappa shape index (κ3) is 1.29. The van der Waals surface area contributed by atoms with Gasteiger partial charge in [-0.15, -0.1) is 0 Å². The van der Waals surface area contributed by atoms with Crippen molar-refractivity contribution in [3.8, 4) is 0 Å². The summed E-state index contributed by atoms with van der Waals surface area (Å²) in [6.45, 7) is 6.30. The number of ether oxygens (including phenoxy) is 1. The predicted molar refractivity (Wildman–Crippen MR) is 63.1 cm³/mol. The van der Waals surface area contributed by atoms with Crippen molar-refractivity contribution in [3.63, 3.8) is 0 Å². The first kappa shape index (κ1) is 10.9. The molecule has 2 heteroatoms. The highest BCUT2D eigenvalue weighted by atomic mass is 16.5. The van der Waals surface area contributed by atoms with E-state index in [1.165, 1.54) is 0 Å². The molecule has 1 aromatic carbocycles. The number of ketones is 1. The summed E-state index contributed by atoms with van der Waals surface area (Å²) in [5.74, 6) is 0.994. The minimum Gasteiger partial charge on any atom is -0.496 e. The molecule has 1 aliphatic carbocycles. The molecule has 1 unspecified atom stereocenters. The Morgan fingerprint density at radius 1 is 1.25 bits per heavy atom. The number of hydrogen-bond acceptors (Lipinski definition) is 2. The van der Waals surface area contributed by atoms with Crippen molar-refractivity contribution in [1.82, 2.24) is 0 Å². The maximum atomic E-state index is 12.0. The van der Waals surface area contributed by atoms with Crippen molar-refractivity contribution in [2.45, 2.75) is 26.2 Å². The number of carbonyl (C=O) groups is 1. The molecule has 1 aliphatic rings. The summed E-state index contributed by atoms with van der Waals surface area (Å²) < 4.78 is 5.59. The molecule has 0 fully saturated rings. The molecule has 0 N–H and O–H groups in total. The van der Waals surface area contributed by atoms with Gasteiger partial charge in [-0.2, -0.15) is 0 Å². The number of carbonyl (C=O) groups excluding carboxylic acids is 1. The van der Waals surface area contributed by atoms with E-state index >= 15 is 0 Å². The van der Waals surface area contributed by atoms with Crippen molar-refractivity contribution in [3.05, 3.63) is 47.2 Å². The average Bonchev–Trinajstić information content (AvgIpc) is 2.35. The normalized spacial score (nSPS) is 24.3. The van der Waals surface area contributed by atoms with Crippen molar-refractivity contribution in [1.29, 1.82) is 0 Å². The van der Waals surface area contributed by atoms with Gasteiger partial charge in [0, 0.05) is 5.57 Å². The molecular formula is C14H16O2. The number of benzene rings is 1. The van der Waals surface area contributed by atoms with Crippen LogP contribution in [0.15, 0.2) is 41.7 Å². The minimum atomic E-state index is -0.568. The van der Waals surface area contributed by atoms with Crippen LogP contribution < -0.4 is 0 Å². The van der Waals surface area contributed by atoms with E-state index in [9.17, 15) is 4.79 Å². The summed E-state index contributed by atoms with van der Waals surface area (Å²) in [7, 11) is 0. The van der Waals surface area contributed by atoms with E-state index in [0.29, 0.717) is 6.61 Å². The lowest BCUT2D eigenvalue weighted by molar-refractivity contribution is -0.124. The zero-order valence-electron chi connectivity index (χ0n) is 9.91. The average molecular weight is 216 g/mol. The maximum Gasteiger partial charge on any atom is 0.179 e. The first-order valence-electron chi connectivity index (χ1n) is 5.56. The number of allylic oxidation sites excluding steroid dienone is 2. The van der Waals surface area contributed by atoms with Gasteiger partial charge in [0.15, 0.2) is 5.78 Å². The van der Waals surface area contributed by atoms with Crippen molar-refractivity contribution >= 4 is 5.78 Å². The molecule has 16 heavy (non-hydrogen) atoms. The van der Waals surface area contributed by atoms with Crippen LogP contribution >= 0.6 is 0 Å². The quantitative estimate of drug-likeness (QED) is 0.776. The van der Waals surface area contributed by atoms with Crippen molar-refractivity contribution in [2.75, 3.05) is 6.61 Å². The van der Waals surface area contributed by atoms with Crippen LogP contribution in [0.25, 0.3) is 0 Å². The monoisotopic (exact) mass is 216 g/mol. The number of rotatable bonds is 3. The molecule has 0 bridgehead atoms. The molecule has 0 saturated carbocycles. The SMILES string of the molecule is CCOC1=C(C)C(=O)C1(C)c1ccccc1. The van der Waals surface area contributed by atoms with Crippen LogP contribution in [0.3, 0.4) is 0 Å². The van der Waals surface area contributed by atoms with E-state index < -0.39 is 5.41 Å². The summed E-state index contributed by atoms with van der Waals surface area (Å²) in [5.41, 5.74) is 1.20. The maximum absolute atomic E-state index is 12.0. The van der Waals surface area contributed by atoms with Gasteiger partial charge in [0.2, 0.25) is 0 Å². The van der Waals surface area contributed by atoms with E-state index in [1.807, 2.05) is 51.1 Å². The van der Waals surface area contributed by atoms with Gasteiger partial charge in [0.1, 0.15) is 11.2 Å². The Morgan fingerprint density at radius 2 is 1.88 bits per heavy atom. The summed E-state index contributed by atoms with van der Waals surface area (Å²) in [5, 5.41) is 0. The highest BCUT2D eigenvalue weighted by Crippen LogP contribution is 2.45. The predicted octanol–water partition coefficient (Wildman–Crippen LogP) is 2.84. The Kier molecular flexibility index (Phi) is 2.58. The zero-order valence-corrected chi connectivity index (χ0v) is 9.91. The van der Waals surface area contributed by atoms with Crippen LogP contribution in [0, 0.1) is 0 Å². The van der Waals surface area contributed by atoms with E-state index in [4.69, 9.17) is 4.74 Å². The highest BCUT2D eigenvalue weighted by molar-refractivity contribution is 6.12. The second kappa shape index (κ2) is 3.78. The minimum absolute atomic E-state index is 0.169. The van der Waals surface area contributed by atoms with Gasteiger partial charge in [-0.25, -0.2) is 0 Å². The Morgan fingerprint density at radius 3 is 2.44 bits per heavy atom. The van der Waals surface area contributed by atoms with Crippen LogP contribution in [-0.2, 0) is 14.9 Å². The fourth-order valence-electron chi connectivity index (χ4n) is 2.32. The molecule has 0 amide bonds. The fraction of sp³-hybridized carbons (Fsp3) is 0.357. The lowest BCUT2D eigenvalue weighted by atomic mass is 9.65. The van der Waals surface area contributed by atoms with Gasteiger partial charge in [0.05, 0.1) is 6.61 Å². The molecule has 1 atom stereocenters. The molecule has 0 aliphatic heterocycles. The molecule has 0 heterocycles. The lowest BCUT2D eigenvalue weighted by Gasteiger charge is -2.40. The second-order valence-corrected chi connectivity index (χ2v) is 4.21. The van der Waals surface area contributed by atoms with Gasteiger partial charge in [0.25, 0.3) is 0 Å². The topological polar surface area (TPSA) is 26.3 Å². The van der Waals surface area contributed by atoms with Crippen molar-refractivity contribution in [2.24, 2.45) is 0 Å². The molecule has 0 radical (unpaired) electrons. The Balaban J connectivity index is 2.45. The fourth-order valence-corrected chi connectivity index (χ4v) is 2.32. The Hall–Kier alpha value is -1.57. The smallest absolute Gasteiger partial charge is 0.179 e. The third-order valence-electron chi connectivity index (χ3n) is 3.23. The van der Waals surface area contributed by atoms with Crippen LogP contribution in [-0.4, -0.2) is 12.4 Å². The van der Waals surface area contributed by atoms with E-state index in [0.717, 1.165) is 16.9 Å². The molecule has 0 saturated heterocycles. The lowest BCUT2D eigenvalue weighted by Crippen LogP contribution is -2.46. The molecular weight excluding hydrogens is 200 g/mol. The second-order valence-electron chi connectivity index (χ2n) is 4.21. The van der Waals surface area contributed by atoms with E-state index in [1.54, 1.807) is 0 Å². The molecule has 2 rings (SSSR count). The Labute approximate surface area is 95.9 Å². The molecule has 0 aromatic heterocycles. The zero-order chi connectivity index (χ0) is 11.8. The molecule has 0 spiro atoms. The van der Waals surface area contributed by atoms with Gasteiger partial charge in [-0.1, -0.05) is 30.3 Å². The van der Waals surface area contributed by atoms with E-state index in [2.05, 4.69) is 0 Å². The number of hydrogen-bond donors (Lipinski definition) is 0. The molecule has 2 nitrogen and oxygen atoms in total. The summed E-state index contributed by atoms with van der Waals surface area (Å²) in [4.78, 5) is 12.0. The van der Waals surface area contributed by atoms with Crippen LogP contribution in [0.2, 0.25) is 0 Å². The summed E-state index contributed by atoms with van der Waals surface area (Å²) in [6, 6.07) is 9.80. The van der Waals surface area contributed by atoms with E-state index in [-0.39, 0.29) is 5.78 Å². The highest BCUT2D eigenvalue weighted by Gasteiger charge is 2.51. The molecule has 84 valence electrons.